The Morgan fingerprint density at radius 2 is 1.92 bits per heavy atom. The van der Waals surface area contributed by atoms with Gasteiger partial charge in [0.25, 0.3) is 0 Å². The Morgan fingerprint density at radius 1 is 1.31 bits per heavy atom. The first-order valence-corrected chi connectivity index (χ1v) is 3.54. The van der Waals surface area contributed by atoms with Gasteiger partial charge in [0.2, 0.25) is 0 Å². The molecule has 13 heavy (non-hydrogen) atoms. The van der Waals surface area contributed by atoms with Crippen LogP contribution in [0.1, 0.15) is 11.1 Å². The molecule has 1 aromatic carbocycles. The summed E-state index contributed by atoms with van der Waals surface area (Å²) in [6.07, 6.45) is 0. The molecule has 0 amide bonds. The fraction of sp³-hybridized carbons (Fsp3) is 0.222. The summed E-state index contributed by atoms with van der Waals surface area (Å²) in [5.74, 6) is -4.91. The van der Waals surface area contributed by atoms with Crippen molar-refractivity contribution in [2.75, 3.05) is 6.67 Å². The molecule has 1 rings (SSSR count). The second kappa shape index (κ2) is 3.36. The molecule has 71 valence electrons. The van der Waals surface area contributed by atoms with Crippen LogP contribution in [-0.4, -0.2) is 6.67 Å². The number of alkyl halides is 3. The standard InChI is InChI=1S/C9H7F4/c1-6-3-2-4-7(8(6)11)9(12,13)5-10/h2-4H,1,5H2. The van der Waals surface area contributed by atoms with E-state index in [-0.39, 0.29) is 5.56 Å². The van der Waals surface area contributed by atoms with Crippen LogP contribution < -0.4 is 0 Å². The van der Waals surface area contributed by atoms with Crippen molar-refractivity contribution in [3.8, 4) is 0 Å². The van der Waals surface area contributed by atoms with Crippen molar-refractivity contribution < 1.29 is 17.6 Å². The van der Waals surface area contributed by atoms with Crippen molar-refractivity contribution in [1.82, 2.24) is 0 Å². The molecule has 0 aliphatic rings. The van der Waals surface area contributed by atoms with Crippen LogP contribution in [0, 0.1) is 12.7 Å². The summed E-state index contributed by atoms with van der Waals surface area (Å²) in [5, 5.41) is 0. The van der Waals surface area contributed by atoms with E-state index >= 15 is 0 Å². The molecule has 1 radical (unpaired) electrons. The molecule has 4 heteroatoms. The number of hydrogen-bond acceptors (Lipinski definition) is 0. The third-order valence-electron chi connectivity index (χ3n) is 1.64. The van der Waals surface area contributed by atoms with Crippen LogP contribution in [0.3, 0.4) is 0 Å². The Hall–Kier alpha value is -1.06. The van der Waals surface area contributed by atoms with Crippen LogP contribution in [0.25, 0.3) is 0 Å². The van der Waals surface area contributed by atoms with E-state index in [1.54, 1.807) is 0 Å². The van der Waals surface area contributed by atoms with Crippen molar-refractivity contribution in [2.45, 2.75) is 5.92 Å². The first kappa shape index (κ1) is 10.0. The van der Waals surface area contributed by atoms with Gasteiger partial charge in [-0.25, -0.2) is 8.78 Å². The summed E-state index contributed by atoms with van der Waals surface area (Å²) in [6.45, 7) is 1.29. The first-order chi connectivity index (χ1) is 5.99. The van der Waals surface area contributed by atoms with Crippen molar-refractivity contribution in [1.29, 1.82) is 0 Å². The third kappa shape index (κ3) is 1.82. The van der Waals surface area contributed by atoms with Gasteiger partial charge in [0.05, 0.1) is 5.56 Å². The predicted octanol–water partition coefficient (Wildman–Crippen LogP) is 3.07. The zero-order valence-electron chi connectivity index (χ0n) is 6.66. The van der Waals surface area contributed by atoms with Crippen molar-refractivity contribution in [3.05, 3.63) is 42.1 Å². The molecule has 0 spiro atoms. The molecule has 1 aromatic rings. The molecule has 0 N–H and O–H groups in total. The lowest BCUT2D eigenvalue weighted by atomic mass is 10.1. The average molecular weight is 191 g/mol. The van der Waals surface area contributed by atoms with Gasteiger partial charge >= 0.3 is 5.92 Å². The Kier molecular flexibility index (Phi) is 2.59. The van der Waals surface area contributed by atoms with Crippen molar-refractivity contribution >= 4 is 0 Å². The fourth-order valence-corrected chi connectivity index (χ4v) is 0.934. The fourth-order valence-electron chi connectivity index (χ4n) is 0.934. The highest BCUT2D eigenvalue weighted by Crippen LogP contribution is 2.31. The van der Waals surface area contributed by atoms with Crippen LogP contribution in [0.4, 0.5) is 17.6 Å². The summed E-state index contributed by atoms with van der Waals surface area (Å²) in [4.78, 5) is 0. The quantitative estimate of drug-likeness (QED) is 0.630. The smallest absolute Gasteiger partial charge is 0.244 e. The van der Waals surface area contributed by atoms with E-state index in [0.717, 1.165) is 6.07 Å². The van der Waals surface area contributed by atoms with E-state index in [2.05, 4.69) is 6.92 Å². The van der Waals surface area contributed by atoms with E-state index in [1.807, 2.05) is 0 Å². The highest BCUT2D eigenvalue weighted by atomic mass is 19.3. The number of rotatable bonds is 2. The molecule has 0 aromatic heterocycles. The molecule has 0 atom stereocenters. The number of halogens is 4. The van der Waals surface area contributed by atoms with Gasteiger partial charge in [-0.05, 0) is 18.6 Å². The topological polar surface area (TPSA) is 0 Å². The van der Waals surface area contributed by atoms with Crippen LogP contribution >= 0.6 is 0 Å². The highest BCUT2D eigenvalue weighted by molar-refractivity contribution is 5.30. The molecule has 0 fully saturated rings. The molecule has 0 saturated carbocycles. The third-order valence-corrected chi connectivity index (χ3v) is 1.64. The Morgan fingerprint density at radius 3 is 2.46 bits per heavy atom. The maximum Gasteiger partial charge on any atom is 0.303 e. The zero-order chi connectivity index (χ0) is 10.1. The van der Waals surface area contributed by atoms with Gasteiger partial charge in [-0.1, -0.05) is 12.1 Å². The molecule has 0 aliphatic heterocycles. The zero-order valence-corrected chi connectivity index (χ0v) is 6.66. The molecule has 0 aliphatic carbocycles. The second-order valence-corrected chi connectivity index (χ2v) is 2.62. The monoisotopic (exact) mass is 191 g/mol. The van der Waals surface area contributed by atoms with Crippen LogP contribution in [0.2, 0.25) is 0 Å². The SMILES string of the molecule is [CH2]c1cccc(C(F)(F)CF)c1F. The molecule has 0 nitrogen and oxygen atoms in total. The molecular formula is C9H7F4. The Balaban J connectivity index is 3.22. The summed E-state index contributed by atoms with van der Waals surface area (Å²) >= 11 is 0. The van der Waals surface area contributed by atoms with Crippen LogP contribution in [0.15, 0.2) is 18.2 Å². The van der Waals surface area contributed by atoms with Crippen molar-refractivity contribution in [3.63, 3.8) is 0 Å². The highest BCUT2D eigenvalue weighted by Gasteiger charge is 2.34. The number of hydrogen-bond donors (Lipinski definition) is 0. The van der Waals surface area contributed by atoms with E-state index in [9.17, 15) is 17.6 Å². The summed E-state index contributed by atoms with van der Waals surface area (Å²) in [6, 6.07) is 3.31. The number of benzene rings is 1. The van der Waals surface area contributed by atoms with Crippen LogP contribution in [-0.2, 0) is 5.92 Å². The molecule has 0 unspecified atom stereocenters. The summed E-state index contributed by atoms with van der Waals surface area (Å²) < 4.78 is 50.2. The molecule has 0 saturated heterocycles. The van der Waals surface area contributed by atoms with Gasteiger partial charge in [-0.3, -0.25) is 0 Å². The van der Waals surface area contributed by atoms with Gasteiger partial charge in [-0.15, -0.1) is 0 Å². The second-order valence-electron chi connectivity index (χ2n) is 2.62. The van der Waals surface area contributed by atoms with Gasteiger partial charge in [0.15, 0.2) is 6.67 Å². The minimum Gasteiger partial charge on any atom is -0.244 e. The maximum atomic E-state index is 13.0. The normalized spacial score (nSPS) is 11.8. The average Bonchev–Trinajstić information content (AvgIpc) is 2.09. The lowest BCUT2D eigenvalue weighted by Gasteiger charge is -2.13. The lowest BCUT2D eigenvalue weighted by molar-refractivity contribution is -0.0312. The van der Waals surface area contributed by atoms with E-state index in [4.69, 9.17) is 0 Å². The summed E-state index contributed by atoms with van der Waals surface area (Å²) in [5.41, 5.74) is -1.10. The lowest BCUT2D eigenvalue weighted by Crippen LogP contribution is -2.18. The van der Waals surface area contributed by atoms with E-state index in [0.29, 0.717) is 0 Å². The minimum absolute atomic E-state index is 0.161. The predicted molar refractivity (Wildman–Crippen MR) is 40.7 cm³/mol. The Bertz CT molecular complexity index is 306. The maximum absolute atomic E-state index is 13.0. The molecule has 0 bridgehead atoms. The molecular weight excluding hydrogens is 184 g/mol. The van der Waals surface area contributed by atoms with Gasteiger partial charge in [-0.2, -0.15) is 8.78 Å². The Labute approximate surface area is 73.2 Å². The first-order valence-electron chi connectivity index (χ1n) is 3.54. The largest absolute Gasteiger partial charge is 0.303 e. The van der Waals surface area contributed by atoms with Gasteiger partial charge < -0.3 is 0 Å². The van der Waals surface area contributed by atoms with Crippen molar-refractivity contribution in [2.24, 2.45) is 0 Å². The van der Waals surface area contributed by atoms with Gasteiger partial charge in [0.1, 0.15) is 5.82 Å². The van der Waals surface area contributed by atoms with Gasteiger partial charge in [0, 0.05) is 0 Å². The molecule has 0 heterocycles. The van der Waals surface area contributed by atoms with E-state index in [1.165, 1.54) is 12.1 Å². The minimum atomic E-state index is -3.77. The van der Waals surface area contributed by atoms with Crippen LogP contribution in [0.5, 0.6) is 0 Å². The summed E-state index contributed by atoms with van der Waals surface area (Å²) in [7, 11) is 0. The van der Waals surface area contributed by atoms with E-state index < -0.39 is 24.0 Å².